The summed E-state index contributed by atoms with van der Waals surface area (Å²) in [5.74, 6) is 0.597. The average molecular weight is 530 g/mol. The molecule has 0 aliphatic carbocycles. The van der Waals surface area contributed by atoms with Gasteiger partial charge in [0.1, 0.15) is 17.3 Å². The van der Waals surface area contributed by atoms with Crippen molar-refractivity contribution in [1.82, 2.24) is 24.3 Å². The molecule has 0 N–H and O–H groups in total. The van der Waals surface area contributed by atoms with Gasteiger partial charge in [-0.05, 0) is 62.5 Å². The van der Waals surface area contributed by atoms with Crippen molar-refractivity contribution in [1.29, 1.82) is 5.26 Å². The van der Waals surface area contributed by atoms with Crippen LogP contribution in [0.1, 0.15) is 76.7 Å². The van der Waals surface area contributed by atoms with Crippen LogP contribution in [0.2, 0.25) is 0 Å². The Balaban J connectivity index is 1.61. The van der Waals surface area contributed by atoms with Crippen molar-refractivity contribution in [3.8, 4) is 6.07 Å². The number of nitrogens with zero attached hydrogens (tertiary/aromatic N) is 7. The number of rotatable bonds is 10. The zero-order valence-corrected chi connectivity index (χ0v) is 24.4. The third-order valence-electron chi connectivity index (χ3n) is 8.36. The van der Waals surface area contributed by atoms with E-state index >= 15 is 0 Å². The number of aromatic nitrogens is 3. The maximum atomic E-state index is 12.8. The van der Waals surface area contributed by atoms with Gasteiger partial charge >= 0.3 is 5.69 Å². The first kappa shape index (κ1) is 28.7. The van der Waals surface area contributed by atoms with Gasteiger partial charge in [-0.1, -0.05) is 52.0 Å². The molecule has 0 amide bonds. The molecule has 1 aliphatic heterocycles. The van der Waals surface area contributed by atoms with Gasteiger partial charge in [-0.2, -0.15) is 10.2 Å². The third kappa shape index (κ3) is 6.00. The van der Waals surface area contributed by atoms with Crippen molar-refractivity contribution in [3.05, 3.63) is 63.7 Å². The Morgan fingerprint density at radius 1 is 1.03 bits per heavy atom. The molecule has 0 saturated carbocycles. The minimum atomic E-state index is -0.302. The first-order valence-corrected chi connectivity index (χ1v) is 14.5. The average Bonchev–Trinajstić information content (AvgIpc) is 2.97. The summed E-state index contributed by atoms with van der Waals surface area (Å²) in [6, 6.07) is 15.5. The van der Waals surface area contributed by atoms with Crippen LogP contribution in [0.5, 0.6) is 0 Å². The number of hydrogen-bond donors (Lipinski definition) is 0. The van der Waals surface area contributed by atoms with Gasteiger partial charge in [0.2, 0.25) is 0 Å². The zero-order valence-electron chi connectivity index (χ0n) is 24.4. The lowest BCUT2D eigenvalue weighted by molar-refractivity contribution is 0.101. The fourth-order valence-electron chi connectivity index (χ4n) is 5.91. The van der Waals surface area contributed by atoms with Crippen LogP contribution in [0.25, 0.3) is 11.0 Å². The van der Waals surface area contributed by atoms with Gasteiger partial charge < -0.3 is 4.90 Å². The molecule has 3 atom stereocenters. The normalized spacial score (nSPS) is 19.0. The van der Waals surface area contributed by atoms with Crippen molar-refractivity contribution in [3.63, 3.8) is 0 Å². The number of aryl methyl sites for hydroxylation is 1. The Hall–Kier alpha value is -3.28. The summed E-state index contributed by atoms with van der Waals surface area (Å²) in [7, 11) is 1.70. The molecule has 0 bridgehead atoms. The van der Waals surface area contributed by atoms with E-state index < -0.39 is 0 Å². The van der Waals surface area contributed by atoms with Crippen LogP contribution >= 0.6 is 0 Å². The van der Waals surface area contributed by atoms with E-state index in [1.54, 1.807) is 19.2 Å². The third-order valence-corrected chi connectivity index (χ3v) is 8.36. The van der Waals surface area contributed by atoms with Crippen molar-refractivity contribution in [2.45, 2.75) is 78.6 Å². The van der Waals surface area contributed by atoms with Gasteiger partial charge in [0.15, 0.2) is 5.82 Å². The monoisotopic (exact) mass is 529 g/mol. The molecule has 2 unspecified atom stereocenters. The van der Waals surface area contributed by atoms with Crippen molar-refractivity contribution in [2.75, 3.05) is 31.1 Å². The molecular weight excluding hydrogens is 486 g/mol. The number of hydrogen-bond acceptors (Lipinski definition) is 7. The summed E-state index contributed by atoms with van der Waals surface area (Å²) in [6.07, 6.45) is 3.07. The van der Waals surface area contributed by atoms with Crippen LogP contribution in [0, 0.1) is 11.3 Å². The fourth-order valence-corrected chi connectivity index (χ4v) is 5.91. The van der Waals surface area contributed by atoms with Gasteiger partial charge in [-0.15, -0.1) is 0 Å². The minimum absolute atomic E-state index is 0.178. The lowest BCUT2D eigenvalue weighted by Gasteiger charge is -2.49. The first-order valence-electron chi connectivity index (χ1n) is 14.5. The number of anilines is 1. The molecular formula is C31H43N7O. The molecule has 3 heterocycles. The smallest absolute Gasteiger partial charge is 0.349 e. The van der Waals surface area contributed by atoms with E-state index in [9.17, 15) is 10.1 Å². The van der Waals surface area contributed by atoms with Crippen LogP contribution in [-0.2, 0) is 13.6 Å². The second-order valence-corrected chi connectivity index (χ2v) is 10.7. The predicted molar refractivity (Wildman–Crippen MR) is 158 cm³/mol. The molecule has 3 aromatic rings. The fraction of sp³-hybridized carbons (Fsp3) is 0.548. The van der Waals surface area contributed by atoms with Crippen LogP contribution in [0.15, 0.2) is 41.2 Å². The maximum absolute atomic E-state index is 12.8. The highest BCUT2D eigenvalue weighted by Gasteiger charge is 2.36. The van der Waals surface area contributed by atoms with Crippen LogP contribution < -0.4 is 10.6 Å². The summed E-state index contributed by atoms with van der Waals surface area (Å²) in [5, 5.41) is 9.48. The lowest BCUT2D eigenvalue weighted by atomic mass is 9.96. The van der Waals surface area contributed by atoms with E-state index in [2.05, 4.69) is 89.6 Å². The van der Waals surface area contributed by atoms with E-state index in [4.69, 9.17) is 0 Å². The van der Waals surface area contributed by atoms with E-state index in [-0.39, 0.29) is 17.8 Å². The highest BCUT2D eigenvalue weighted by atomic mass is 16.1. The first-order chi connectivity index (χ1) is 18.8. The molecule has 2 aromatic heterocycles. The van der Waals surface area contributed by atoms with E-state index in [0.29, 0.717) is 28.6 Å². The zero-order chi connectivity index (χ0) is 28.1. The Kier molecular flexibility index (Phi) is 9.36. The Bertz CT molecular complexity index is 1360. The van der Waals surface area contributed by atoms with Gasteiger partial charge in [0.25, 0.3) is 0 Å². The number of pyridine rings is 1. The SMILES string of the molecule is CCCN(CC)Cc1ccc(C(C)N2CC(CC)N(c3nc(=O)n(C)c4ccc(C#N)nc34)C[C@H]2CC)cc1. The van der Waals surface area contributed by atoms with Crippen molar-refractivity contribution < 1.29 is 0 Å². The Morgan fingerprint density at radius 2 is 1.74 bits per heavy atom. The van der Waals surface area contributed by atoms with Crippen LogP contribution in [0.3, 0.4) is 0 Å². The van der Waals surface area contributed by atoms with Crippen molar-refractivity contribution >= 4 is 16.9 Å². The molecule has 1 saturated heterocycles. The topological polar surface area (TPSA) is 81.3 Å². The molecule has 1 aliphatic rings. The Morgan fingerprint density at radius 3 is 2.36 bits per heavy atom. The van der Waals surface area contributed by atoms with Gasteiger partial charge in [0, 0.05) is 44.8 Å². The maximum Gasteiger partial charge on any atom is 0.349 e. The number of benzene rings is 1. The van der Waals surface area contributed by atoms with Crippen molar-refractivity contribution in [2.24, 2.45) is 7.05 Å². The van der Waals surface area contributed by atoms with E-state index in [0.717, 1.165) is 45.6 Å². The van der Waals surface area contributed by atoms with Gasteiger partial charge in [-0.3, -0.25) is 14.4 Å². The van der Waals surface area contributed by atoms with Gasteiger partial charge in [0.05, 0.1) is 5.52 Å². The predicted octanol–water partition coefficient (Wildman–Crippen LogP) is 4.87. The van der Waals surface area contributed by atoms with E-state index in [1.807, 2.05) is 0 Å². The molecule has 8 nitrogen and oxygen atoms in total. The standard InChI is InChI=1S/C31H43N7O/c1-7-17-36(10-4)19-23-11-13-24(14-12-23)22(5)37-20-27(9-3)38(21-26(37)8-2)30-29-28(35(6)31(39)34-30)16-15-25(18-32)33-29/h11-16,22,26-27H,7-10,17,19-21H2,1-6H3/t22?,26-,27?/m1/s1. The molecule has 1 fully saturated rings. The highest BCUT2D eigenvalue weighted by Crippen LogP contribution is 2.33. The largest absolute Gasteiger partial charge is 0.349 e. The molecule has 39 heavy (non-hydrogen) atoms. The van der Waals surface area contributed by atoms with E-state index in [1.165, 1.54) is 22.1 Å². The second-order valence-electron chi connectivity index (χ2n) is 10.7. The summed E-state index contributed by atoms with van der Waals surface area (Å²) < 4.78 is 1.51. The molecule has 1 aromatic carbocycles. The minimum Gasteiger partial charge on any atom is -0.349 e. The molecule has 4 rings (SSSR count). The van der Waals surface area contributed by atoms with Crippen LogP contribution in [0.4, 0.5) is 5.82 Å². The summed E-state index contributed by atoms with van der Waals surface area (Å²) >= 11 is 0. The number of fused-ring (bicyclic) bond motifs is 1. The number of piperazine rings is 1. The number of nitriles is 1. The Labute approximate surface area is 232 Å². The molecule has 0 spiro atoms. The summed E-state index contributed by atoms with van der Waals surface area (Å²) in [5.41, 5.74) is 4.03. The summed E-state index contributed by atoms with van der Waals surface area (Å²) in [4.78, 5) is 29.3. The highest BCUT2D eigenvalue weighted by molar-refractivity contribution is 5.86. The lowest BCUT2D eigenvalue weighted by Crippen LogP contribution is -2.59. The van der Waals surface area contributed by atoms with Crippen LogP contribution in [-0.4, -0.2) is 62.6 Å². The molecule has 0 radical (unpaired) electrons. The molecule has 208 valence electrons. The quantitative estimate of drug-likeness (QED) is 0.371. The second kappa shape index (κ2) is 12.7. The van der Waals surface area contributed by atoms with Gasteiger partial charge in [-0.25, -0.2) is 9.78 Å². The summed E-state index contributed by atoms with van der Waals surface area (Å²) in [6.45, 7) is 16.0. The molecule has 8 heteroatoms.